The average Bonchev–Trinajstić information content (AvgIpc) is 2.97. The van der Waals surface area contributed by atoms with Crippen molar-refractivity contribution in [2.45, 2.75) is 44.7 Å². The first-order chi connectivity index (χ1) is 19.8. The molecule has 0 radical (unpaired) electrons. The first-order valence-electron chi connectivity index (χ1n) is 13.8. The van der Waals surface area contributed by atoms with Crippen molar-refractivity contribution in [3.8, 4) is 11.5 Å². The maximum atomic E-state index is 13.5. The standard InChI is InChI=1S/C31H40N6O4/c1-22-18-24(10-12-29(22)41-25-8-5-15-35-21-25)19-28(38)27(11-9-23-6-3-2-4-7-23)36-31(40)26(34)20-30(39)37(16-13-32)17-14-33/h2-8,10,12,15,18,21,26-27H,9,11,13-14,16-17,19-20,32-34H2,1H3,(H,36,40)/t26-,27-/m0/s1. The number of benzene rings is 2. The van der Waals surface area contributed by atoms with Crippen LogP contribution in [-0.4, -0.2) is 65.7 Å². The number of Topliss-reactive ketones (excluding diaryl/α,β-unsaturated/α-hetero) is 1. The van der Waals surface area contributed by atoms with Crippen molar-refractivity contribution < 1.29 is 19.1 Å². The number of ether oxygens (including phenoxy) is 1. The Morgan fingerprint density at radius 3 is 2.34 bits per heavy atom. The molecular weight excluding hydrogens is 520 g/mol. The van der Waals surface area contributed by atoms with Gasteiger partial charge in [0.25, 0.3) is 0 Å². The number of nitrogens with two attached hydrogens (primary N) is 3. The summed E-state index contributed by atoms with van der Waals surface area (Å²) in [5, 5.41) is 2.81. The van der Waals surface area contributed by atoms with Gasteiger partial charge in [0, 0.05) is 38.8 Å². The summed E-state index contributed by atoms with van der Waals surface area (Å²) in [6, 6.07) is 17.0. The summed E-state index contributed by atoms with van der Waals surface area (Å²) in [5.41, 5.74) is 20.0. The molecule has 10 nitrogen and oxygen atoms in total. The van der Waals surface area contributed by atoms with Crippen LogP contribution >= 0.6 is 0 Å². The van der Waals surface area contributed by atoms with Gasteiger partial charge in [0.05, 0.1) is 24.7 Å². The molecule has 41 heavy (non-hydrogen) atoms. The molecule has 0 aliphatic heterocycles. The van der Waals surface area contributed by atoms with Crippen LogP contribution in [0.25, 0.3) is 0 Å². The number of hydrogen-bond acceptors (Lipinski definition) is 8. The number of ketones is 1. The summed E-state index contributed by atoms with van der Waals surface area (Å²) in [5.74, 6) is 0.270. The lowest BCUT2D eigenvalue weighted by Crippen LogP contribution is -2.51. The van der Waals surface area contributed by atoms with Crippen molar-refractivity contribution >= 4 is 17.6 Å². The number of nitrogens with zero attached hydrogens (tertiary/aromatic N) is 2. The van der Waals surface area contributed by atoms with Gasteiger partial charge in [0.2, 0.25) is 11.8 Å². The van der Waals surface area contributed by atoms with Crippen LogP contribution in [0.4, 0.5) is 0 Å². The molecule has 2 aromatic carbocycles. The van der Waals surface area contributed by atoms with Crippen molar-refractivity contribution in [2.75, 3.05) is 26.2 Å². The minimum absolute atomic E-state index is 0.114. The zero-order valence-electron chi connectivity index (χ0n) is 23.5. The van der Waals surface area contributed by atoms with Crippen molar-refractivity contribution in [2.24, 2.45) is 17.2 Å². The Bertz CT molecular complexity index is 1270. The number of nitrogens with one attached hydrogen (secondary N) is 1. The van der Waals surface area contributed by atoms with Gasteiger partial charge >= 0.3 is 0 Å². The van der Waals surface area contributed by atoms with E-state index in [9.17, 15) is 14.4 Å². The molecule has 0 aliphatic carbocycles. The monoisotopic (exact) mass is 560 g/mol. The van der Waals surface area contributed by atoms with Crippen LogP contribution in [0.5, 0.6) is 11.5 Å². The van der Waals surface area contributed by atoms with Crippen molar-refractivity contribution in [1.29, 1.82) is 0 Å². The van der Waals surface area contributed by atoms with E-state index < -0.39 is 18.0 Å². The molecule has 1 aromatic heterocycles. The summed E-state index contributed by atoms with van der Waals surface area (Å²) < 4.78 is 5.90. The third-order valence-electron chi connectivity index (χ3n) is 6.63. The van der Waals surface area contributed by atoms with E-state index in [4.69, 9.17) is 21.9 Å². The normalized spacial score (nSPS) is 12.3. The summed E-state index contributed by atoms with van der Waals surface area (Å²) in [7, 11) is 0. The molecular formula is C31H40N6O4. The lowest BCUT2D eigenvalue weighted by molar-refractivity contribution is -0.134. The van der Waals surface area contributed by atoms with Gasteiger partial charge in [-0.15, -0.1) is 0 Å². The highest BCUT2D eigenvalue weighted by atomic mass is 16.5. The van der Waals surface area contributed by atoms with Crippen molar-refractivity contribution in [3.63, 3.8) is 0 Å². The molecule has 0 aliphatic rings. The number of aryl methyl sites for hydroxylation is 2. The van der Waals surface area contributed by atoms with Crippen molar-refractivity contribution in [1.82, 2.24) is 15.2 Å². The van der Waals surface area contributed by atoms with Crippen LogP contribution in [0, 0.1) is 6.92 Å². The highest BCUT2D eigenvalue weighted by Crippen LogP contribution is 2.25. The van der Waals surface area contributed by atoms with Crippen molar-refractivity contribution in [3.05, 3.63) is 89.7 Å². The van der Waals surface area contributed by atoms with Crippen LogP contribution < -0.4 is 27.3 Å². The van der Waals surface area contributed by atoms with Crippen LogP contribution in [0.15, 0.2) is 73.1 Å². The number of carbonyl (C=O) groups is 3. The van der Waals surface area contributed by atoms with E-state index in [1.165, 1.54) is 4.90 Å². The molecule has 10 heteroatoms. The number of carbonyl (C=O) groups excluding carboxylic acids is 3. The summed E-state index contributed by atoms with van der Waals surface area (Å²) >= 11 is 0. The second-order valence-electron chi connectivity index (χ2n) is 9.89. The highest BCUT2D eigenvalue weighted by Gasteiger charge is 2.26. The number of rotatable bonds is 16. The van der Waals surface area contributed by atoms with Gasteiger partial charge < -0.3 is 32.2 Å². The summed E-state index contributed by atoms with van der Waals surface area (Å²) in [6.45, 7) is 3.11. The van der Waals surface area contributed by atoms with E-state index in [2.05, 4.69) is 10.3 Å². The second-order valence-corrected chi connectivity index (χ2v) is 9.89. The van der Waals surface area contributed by atoms with E-state index in [1.54, 1.807) is 18.5 Å². The SMILES string of the molecule is Cc1cc(CC(=O)[C@H](CCc2ccccc2)NC(=O)[C@@H](N)CC(=O)N(CCN)CCN)ccc1Oc1cccnc1. The van der Waals surface area contributed by atoms with Gasteiger partial charge in [-0.2, -0.15) is 0 Å². The van der Waals surface area contributed by atoms with Gasteiger partial charge in [-0.05, 0) is 54.7 Å². The van der Waals surface area contributed by atoms with E-state index in [-0.39, 0.29) is 37.6 Å². The highest BCUT2D eigenvalue weighted by molar-refractivity contribution is 5.93. The predicted octanol–water partition coefficient (Wildman–Crippen LogP) is 1.87. The Hall–Kier alpha value is -4.12. The Kier molecular flexibility index (Phi) is 12.4. The van der Waals surface area contributed by atoms with Gasteiger partial charge in [-0.1, -0.05) is 42.5 Å². The molecule has 0 bridgehead atoms. The Balaban J connectivity index is 1.68. The van der Waals surface area contributed by atoms with Crippen LogP contribution in [0.3, 0.4) is 0 Å². The van der Waals surface area contributed by atoms with Gasteiger partial charge in [-0.25, -0.2) is 0 Å². The minimum Gasteiger partial charge on any atom is -0.455 e. The fourth-order valence-corrected chi connectivity index (χ4v) is 4.43. The number of hydrogen-bond donors (Lipinski definition) is 4. The fourth-order valence-electron chi connectivity index (χ4n) is 4.43. The second kappa shape index (κ2) is 16.2. The smallest absolute Gasteiger partial charge is 0.238 e. The number of aromatic nitrogens is 1. The molecule has 2 atom stereocenters. The van der Waals surface area contributed by atoms with E-state index in [0.717, 1.165) is 16.7 Å². The molecule has 7 N–H and O–H groups in total. The van der Waals surface area contributed by atoms with Gasteiger partial charge in [0.1, 0.15) is 11.5 Å². The molecule has 0 unspecified atom stereocenters. The molecule has 218 valence electrons. The Morgan fingerprint density at radius 2 is 1.71 bits per heavy atom. The third-order valence-corrected chi connectivity index (χ3v) is 6.63. The lowest BCUT2D eigenvalue weighted by atomic mass is 9.96. The molecule has 3 rings (SSSR count). The lowest BCUT2D eigenvalue weighted by Gasteiger charge is -2.24. The molecule has 3 aromatic rings. The van der Waals surface area contributed by atoms with E-state index >= 15 is 0 Å². The number of pyridine rings is 1. The summed E-state index contributed by atoms with van der Waals surface area (Å²) in [6.07, 6.45) is 4.19. The van der Waals surface area contributed by atoms with Gasteiger partial charge in [0.15, 0.2) is 5.78 Å². The first kappa shape index (κ1) is 31.4. The van der Waals surface area contributed by atoms with Crippen LogP contribution in [0.1, 0.15) is 29.5 Å². The predicted molar refractivity (Wildman–Crippen MR) is 158 cm³/mol. The molecule has 0 spiro atoms. The fraction of sp³-hybridized carbons (Fsp3) is 0.355. The minimum atomic E-state index is -1.11. The quantitative estimate of drug-likeness (QED) is 0.206. The zero-order chi connectivity index (χ0) is 29.6. The topological polar surface area (TPSA) is 167 Å². The van der Waals surface area contributed by atoms with E-state index in [1.807, 2.05) is 61.5 Å². The maximum absolute atomic E-state index is 13.5. The number of amides is 2. The summed E-state index contributed by atoms with van der Waals surface area (Å²) in [4.78, 5) is 44.7. The molecule has 1 heterocycles. The van der Waals surface area contributed by atoms with Crippen LogP contribution in [0.2, 0.25) is 0 Å². The Labute approximate surface area is 241 Å². The molecule has 2 amide bonds. The van der Waals surface area contributed by atoms with Gasteiger partial charge in [-0.3, -0.25) is 19.4 Å². The third kappa shape index (κ3) is 10.1. The first-order valence-corrected chi connectivity index (χ1v) is 13.8. The van der Waals surface area contributed by atoms with Crippen LogP contribution in [-0.2, 0) is 27.2 Å². The Morgan fingerprint density at radius 1 is 0.976 bits per heavy atom. The zero-order valence-corrected chi connectivity index (χ0v) is 23.5. The molecule has 0 saturated carbocycles. The molecule has 0 fully saturated rings. The average molecular weight is 561 g/mol. The maximum Gasteiger partial charge on any atom is 0.238 e. The van der Waals surface area contributed by atoms with E-state index in [0.29, 0.717) is 37.4 Å². The largest absolute Gasteiger partial charge is 0.455 e. The molecule has 0 saturated heterocycles.